The molecule has 0 bridgehead atoms. The molecule has 1 heterocycles. The minimum Gasteiger partial charge on any atom is -0.495 e. The molecule has 2 aromatic carbocycles. The Kier molecular flexibility index (Phi) is 7.93. The Hall–Kier alpha value is -3.02. The van der Waals surface area contributed by atoms with Crippen LogP contribution in [-0.2, 0) is 9.59 Å². The van der Waals surface area contributed by atoms with E-state index in [9.17, 15) is 9.59 Å². The number of carbonyl (C=O) groups is 2. The fraction of sp³-hybridized carbons (Fsp3) is 0.440. The van der Waals surface area contributed by atoms with Crippen molar-refractivity contribution in [3.63, 3.8) is 0 Å². The van der Waals surface area contributed by atoms with Gasteiger partial charge in [0.2, 0.25) is 11.8 Å². The lowest BCUT2D eigenvalue weighted by Gasteiger charge is -2.37. The second kappa shape index (κ2) is 10.8. The summed E-state index contributed by atoms with van der Waals surface area (Å²) >= 11 is 0. The van der Waals surface area contributed by atoms with E-state index in [4.69, 9.17) is 4.74 Å². The van der Waals surface area contributed by atoms with E-state index in [0.29, 0.717) is 25.9 Å². The Labute approximate surface area is 185 Å². The van der Waals surface area contributed by atoms with Crippen molar-refractivity contribution in [1.82, 2.24) is 10.2 Å². The highest BCUT2D eigenvalue weighted by Gasteiger charge is 2.24. The molecule has 0 unspecified atom stereocenters. The van der Waals surface area contributed by atoms with Gasteiger partial charge in [-0.2, -0.15) is 0 Å². The maximum absolute atomic E-state index is 12.8. The third-order valence-electron chi connectivity index (χ3n) is 5.79. The molecule has 0 aromatic heterocycles. The zero-order chi connectivity index (χ0) is 22.2. The second-order valence-corrected chi connectivity index (χ2v) is 8.25. The van der Waals surface area contributed by atoms with Gasteiger partial charge in [0.25, 0.3) is 0 Å². The van der Waals surface area contributed by atoms with Gasteiger partial charge in [0.15, 0.2) is 0 Å². The van der Waals surface area contributed by atoms with Crippen molar-refractivity contribution in [2.45, 2.75) is 32.7 Å². The Bertz CT molecular complexity index is 863. The highest BCUT2D eigenvalue weighted by atomic mass is 16.5. The Morgan fingerprint density at radius 3 is 2.26 bits per heavy atom. The molecule has 166 valence electrons. The lowest BCUT2D eigenvalue weighted by Crippen LogP contribution is -2.49. The number of para-hydroxylation sites is 2. The first-order valence-corrected chi connectivity index (χ1v) is 11.0. The molecule has 1 aliphatic rings. The predicted octanol–water partition coefficient (Wildman–Crippen LogP) is 3.64. The summed E-state index contributed by atoms with van der Waals surface area (Å²) in [5.74, 6) is 0.961. The summed E-state index contributed by atoms with van der Waals surface area (Å²) in [4.78, 5) is 29.3. The van der Waals surface area contributed by atoms with E-state index in [-0.39, 0.29) is 23.8 Å². The first kappa shape index (κ1) is 22.7. The van der Waals surface area contributed by atoms with Crippen molar-refractivity contribution in [3.05, 3.63) is 60.2 Å². The molecule has 2 aromatic rings. The van der Waals surface area contributed by atoms with E-state index in [1.165, 1.54) is 0 Å². The van der Waals surface area contributed by atoms with Gasteiger partial charge in [-0.3, -0.25) is 9.59 Å². The Morgan fingerprint density at radius 2 is 1.58 bits per heavy atom. The number of piperazine rings is 1. The monoisotopic (exact) mass is 423 g/mol. The molecule has 1 N–H and O–H groups in total. The molecule has 0 spiro atoms. The van der Waals surface area contributed by atoms with Gasteiger partial charge in [-0.15, -0.1) is 0 Å². The minimum absolute atomic E-state index is 0.00252. The van der Waals surface area contributed by atoms with Crippen molar-refractivity contribution in [2.24, 2.45) is 5.92 Å². The standard InChI is InChI=1S/C25H33N3O3/c1-19(17-24(29)26-20(2)21-9-5-4-6-10-21)18-25(30)28-15-13-27(14-16-28)22-11-7-8-12-23(22)31-3/h4-12,19-20H,13-18H2,1-3H3,(H,26,29)/t19-,20+/m0/s1. The molecule has 2 amide bonds. The minimum atomic E-state index is -0.0420. The number of anilines is 1. The summed E-state index contributed by atoms with van der Waals surface area (Å²) in [6.07, 6.45) is 0.742. The number of hydrogen-bond acceptors (Lipinski definition) is 4. The van der Waals surface area contributed by atoms with Gasteiger partial charge < -0.3 is 19.9 Å². The molecule has 1 saturated heterocycles. The van der Waals surface area contributed by atoms with Gasteiger partial charge in [-0.05, 0) is 30.5 Å². The molecule has 6 nitrogen and oxygen atoms in total. The van der Waals surface area contributed by atoms with Gasteiger partial charge >= 0.3 is 0 Å². The van der Waals surface area contributed by atoms with Crippen molar-refractivity contribution < 1.29 is 14.3 Å². The predicted molar refractivity (Wildman–Crippen MR) is 123 cm³/mol. The zero-order valence-corrected chi connectivity index (χ0v) is 18.7. The van der Waals surface area contributed by atoms with Crippen LogP contribution < -0.4 is 15.0 Å². The molecule has 31 heavy (non-hydrogen) atoms. The van der Waals surface area contributed by atoms with Gasteiger partial charge in [0.05, 0.1) is 18.8 Å². The Morgan fingerprint density at radius 1 is 0.935 bits per heavy atom. The third-order valence-corrected chi connectivity index (χ3v) is 5.79. The molecule has 0 aliphatic carbocycles. The van der Waals surface area contributed by atoms with Crippen molar-refractivity contribution in [3.8, 4) is 5.75 Å². The molecule has 1 fully saturated rings. The zero-order valence-electron chi connectivity index (χ0n) is 18.7. The number of nitrogens with one attached hydrogen (secondary N) is 1. The average molecular weight is 424 g/mol. The van der Waals surface area contributed by atoms with Crippen LogP contribution in [0.1, 0.15) is 38.3 Å². The maximum Gasteiger partial charge on any atom is 0.222 e. The second-order valence-electron chi connectivity index (χ2n) is 8.25. The van der Waals surface area contributed by atoms with Crippen LogP contribution in [-0.4, -0.2) is 50.0 Å². The normalized spacial score (nSPS) is 15.8. The SMILES string of the molecule is COc1ccccc1N1CCN(C(=O)C[C@@H](C)CC(=O)N[C@H](C)c2ccccc2)CC1. The van der Waals surface area contributed by atoms with Crippen LogP contribution in [0.3, 0.4) is 0 Å². The fourth-order valence-electron chi connectivity index (χ4n) is 4.03. The van der Waals surface area contributed by atoms with Gasteiger partial charge in [0, 0.05) is 39.0 Å². The van der Waals surface area contributed by atoms with E-state index < -0.39 is 0 Å². The number of nitrogens with zero attached hydrogens (tertiary/aromatic N) is 2. The van der Waals surface area contributed by atoms with E-state index >= 15 is 0 Å². The van der Waals surface area contributed by atoms with Gasteiger partial charge in [-0.25, -0.2) is 0 Å². The van der Waals surface area contributed by atoms with Crippen LogP contribution in [0.5, 0.6) is 5.75 Å². The third kappa shape index (κ3) is 6.23. The molecular weight excluding hydrogens is 390 g/mol. The summed E-state index contributed by atoms with van der Waals surface area (Å²) in [7, 11) is 1.68. The first-order chi connectivity index (χ1) is 15.0. The van der Waals surface area contributed by atoms with Crippen LogP contribution in [0.4, 0.5) is 5.69 Å². The van der Waals surface area contributed by atoms with Crippen LogP contribution in [0, 0.1) is 5.92 Å². The smallest absolute Gasteiger partial charge is 0.222 e. The fourth-order valence-corrected chi connectivity index (χ4v) is 4.03. The van der Waals surface area contributed by atoms with E-state index in [1.54, 1.807) is 7.11 Å². The van der Waals surface area contributed by atoms with Crippen molar-refractivity contribution >= 4 is 17.5 Å². The maximum atomic E-state index is 12.8. The number of benzene rings is 2. The number of rotatable bonds is 8. The molecule has 0 saturated carbocycles. The van der Waals surface area contributed by atoms with Crippen molar-refractivity contribution in [1.29, 1.82) is 0 Å². The molecule has 3 rings (SSSR count). The topological polar surface area (TPSA) is 61.9 Å². The summed E-state index contributed by atoms with van der Waals surface area (Å²) in [5, 5.41) is 3.03. The Balaban J connectivity index is 1.43. The van der Waals surface area contributed by atoms with E-state index in [1.807, 2.05) is 73.3 Å². The molecule has 0 radical (unpaired) electrons. The van der Waals surface area contributed by atoms with Crippen LogP contribution in [0.25, 0.3) is 0 Å². The summed E-state index contributed by atoms with van der Waals surface area (Å²) < 4.78 is 5.46. The van der Waals surface area contributed by atoms with Crippen LogP contribution >= 0.6 is 0 Å². The quantitative estimate of drug-likeness (QED) is 0.704. The largest absolute Gasteiger partial charge is 0.495 e. The average Bonchev–Trinajstić information content (AvgIpc) is 2.79. The highest BCUT2D eigenvalue weighted by molar-refractivity contribution is 5.80. The summed E-state index contributed by atoms with van der Waals surface area (Å²) in [5.41, 5.74) is 2.14. The number of hydrogen-bond donors (Lipinski definition) is 1. The van der Waals surface area contributed by atoms with Crippen molar-refractivity contribution in [2.75, 3.05) is 38.2 Å². The summed E-state index contributed by atoms with van der Waals surface area (Å²) in [6.45, 7) is 6.85. The summed E-state index contributed by atoms with van der Waals surface area (Å²) in [6, 6.07) is 17.8. The number of amides is 2. The first-order valence-electron chi connectivity index (χ1n) is 11.0. The lowest BCUT2D eigenvalue weighted by atomic mass is 10.0. The number of ether oxygens (including phenoxy) is 1. The lowest BCUT2D eigenvalue weighted by molar-refractivity contribution is -0.132. The highest BCUT2D eigenvalue weighted by Crippen LogP contribution is 2.28. The number of carbonyl (C=O) groups excluding carboxylic acids is 2. The molecule has 6 heteroatoms. The van der Waals surface area contributed by atoms with Crippen LogP contribution in [0.2, 0.25) is 0 Å². The van der Waals surface area contributed by atoms with E-state index in [2.05, 4.69) is 10.2 Å². The molecule has 1 aliphatic heterocycles. The molecule has 2 atom stereocenters. The van der Waals surface area contributed by atoms with E-state index in [0.717, 1.165) is 30.1 Å². The molecular formula is C25H33N3O3. The number of methoxy groups -OCH3 is 1. The van der Waals surface area contributed by atoms with Gasteiger partial charge in [-0.1, -0.05) is 49.4 Å². The van der Waals surface area contributed by atoms with Gasteiger partial charge in [0.1, 0.15) is 5.75 Å². The van der Waals surface area contributed by atoms with Crippen LogP contribution in [0.15, 0.2) is 54.6 Å².